The molecule has 0 unspecified atom stereocenters. The molecule has 0 radical (unpaired) electrons. The number of aromatic hydroxyl groups is 1. The molecule has 0 aromatic heterocycles. The number of nitrogens with zero attached hydrogens (tertiary/aromatic N) is 2. The SMILES string of the molecule is N#C/C(=N\Nc1ccc(O)cc1)C(N)=O. The summed E-state index contributed by atoms with van der Waals surface area (Å²) in [6.07, 6.45) is 0. The van der Waals surface area contributed by atoms with Crippen molar-refractivity contribution >= 4 is 17.3 Å². The van der Waals surface area contributed by atoms with Gasteiger partial charge in [-0.3, -0.25) is 10.2 Å². The van der Waals surface area contributed by atoms with Crippen LogP contribution in [-0.4, -0.2) is 16.7 Å². The van der Waals surface area contributed by atoms with Gasteiger partial charge in [-0.2, -0.15) is 10.4 Å². The number of hydrazone groups is 1. The van der Waals surface area contributed by atoms with E-state index < -0.39 is 11.6 Å². The minimum absolute atomic E-state index is 0.111. The molecule has 0 aliphatic carbocycles. The van der Waals surface area contributed by atoms with Crippen LogP contribution in [0.4, 0.5) is 5.69 Å². The second-order valence-electron chi connectivity index (χ2n) is 2.60. The molecule has 1 aromatic rings. The molecular formula is C9H8N4O2. The molecule has 0 fully saturated rings. The number of amides is 1. The van der Waals surface area contributed by atoms with Crippen LogP contribution in [0.25, 0.3) is 0 Å². The summed E-state index contributed by atoms with van der Waals surface area (Å²) in [6.45, 7) is 0. The maximum Gasteiger partial charge on any atom is 0.280 e. The van der Waals surface area contributed by atoms with Crippen molar-refractivity contribution in [3.05, 3.63) is 24.3 Å². The molecule has 15 heavy (non-hydrogen) atoms. The standard InChI is InChI=1S/C9H8N4O2/c10-5-8(9(11)15)13-12-6-1-3-7(14)4-2-6/h1-4,12,14H,(H2,11,15)/b13-8+. The van der Waals surface area contributed by atoms with Crippen molar-refractivity contribution in [1.82, 2.24) is 0 Å². The molecule has 76 valence electrons. The Morgan fingerprint density at radius 3 is 2.53 bits per heavy atom. The van der Waals surface area contributed by atoms with E-state index in [2.05, 4.69) is 10.5 Å². The molecule has 0 aliphatic rings. The zero-order chi connectivity index (χ0) is 11.3. The van der Waals surface area contributed by atoms with Gasteiger partial charge in [0.1, 0.15) is 11.8 Å². The van der Waals surface area contributed by atoms with Crippen molar-refractivity contribution in [1.29, 1.82) is 5.26 Å². The minimum Gasteiger partial charge on any atom is -0.508 e. The first-order chi connectivity index (χ1) is 7.13. The Kier molecular flexibility index (Phi) is 3.24. The number of phenolic OH excluding ortho intramolecular Hbond substituents is 1. The van der Waals surface area contributed by atoms with E-state index in [0.717, 1.165) is 0 Å². The minimum atomic E-state index is -0.899. The second-order valence-corrected chi connectivity index (χ2v) is 2.60. The van der Waals surface area contributed by atoms with Crippen molar-refractivity contribution in [2.24, 2.45) is 10.8 Å². The molecule has 0 saturated carbocycles. The van der Waals surface area contributed by atoms with Crippen LogP contribution >= 0.6 is 0 Å². The fraction of sp³-hybridized carbons (Fsp3) is 0. The van der Waals surface area contributed by atoms with Gasteiger partial charge in [0.15, 0.2) is 0 Å². The predicted octanol–water partition coefficient (Wildman–Crippen LogP) is 0.169. The molecule has 1 rings (SSSR count). The lowest BCUT2D eigenvalue weighted by molar-refractivity contribution is -0.111. The molecule has 1 amide bonds. The summed E-state index contributed by atoms with van der Waals surface area (Å²) in [5, 5.41) is 20.9. The maximum atomic E-state index is 10.6. The summed E-state index contributed by atoms with van der Waals surface area (Å²) < 4.78 is 0. The van der Waals surface area contributed by atoms with Crippen LogP contribution in [0, 0.1) is 11.3 Å². The highest BCUT2D eigenvalue weighted by Gasteiger charge is 2.04. The Hall–Kier alpha value is -2.55. The Bertz CT molecular complexity index is 430. The number of carbonyl (C=O) groups excluding carboxylic acids is 1. The molecule has 0 aliphatic heterocycles. The van der Waals surface area contributed by atoms with Crippen LogP contribution in [-0.2, 0) is 4.79 Å². The highest BCUT2D eigenvalue weighted by molar-refractivity contribution is 6.44. The topological polar surface area (TPSA) is 112 Å². The van der Waals surface area contributed by atoms with E-state index in [1.807, 2.05) is 0 Å². The maximum absolute atomic E-state index is 10.6. The Labute approximate surface area is 85.6 Å². The number of anilines is 1. The first kappa shape index (κ1) is 10.5. The van der Waals surface area contributed by atoms with Gasteiger partial charge < -0.3 is 10.8 Å². The Morgan fingerprint density at radius 1 is 1.47 bits per heavy atom. The highest BCUT2D eigenvalue weighted by Crippen LogP contribution is 2.13. The Balaban J connectivity index is 2.76. The van der Waals surface area contributed by atoms with E-state index >= 15 is 0 Å². The average Bonchev–Trinajstić information content (AvgIpc) is 2.21. The number of rotatable bonds is 3. The van der Waals surface area contributed by atoms with Crippen LogP contribution in [0.3, 0.4) is 0 Å². The van der Waals surface area contributed by atoms with Gasteiger partial charge in [0.2, 0.25) is 5.71 Å². The van der Waals surface area contributed by atoms with E-state index in [0.29, 0.717) is 5.69 Å². The molecule has 1 aromatic carbocycles. The molecule has 0 atom stereocenters. The molecule has 0 heterocycles. The lowest BCUT2D eigenvalue weighted by atomic mass is 10.3. The zero-order valence-corrected chi connectivity index (χ0v) is 7.64. The van der Waals surface area contributed by atoms with Crippen LogP contribution in [0.2, 0.25) is 0 Å². The third kappa shape index (κ3) is 3.00. The van der Waals surface area contributed by atoms with Gasteiger partial charge in [0, 0.05) is 0 Å². The Morgan fingerprint density at radius 2 is 2.07 bits per heavy atom. The van der Waals surface area contributed by atoms with E-state index in [1.54, 1.807) is 6.07 Å². The van der Waals surface area contributed by atoms with Crippen LogP contribution < -0.4 is 11.2 Å². The fourth-order valence-electron chi connectivity index (χ4n) is 0.792. The number of nitriles is 1. The third-order valence-corrected chi connectivity index (χ3v) is 1.50. The number of hydrogen-bond donors (Lipinski definition) is 3. The predicted molar refractivity (Wildman–Crippen MR) is 54.0 cm³/mol. The number of hydrogen-bond acceptors (Lipinski definition) is 5. The summed E-state index contributed by atoms with van der Waals surface area (Å²) in [5.74, 6) is -0.788. The largest absolute Gasteiger partial charge is 0.508 e. The number of phenols is 1. The number of primary amides is 1. The van der Waals surface area contributed by atoms with E-state index in [9.17, 15) is 4.79 Å². The molecule has 0 bridgehead atoms. The van der Waals surface area contributed by atoms with E-state index in [4.69, 9.17) is 16.1 Å². The fourth-order valence-corrected chi connectivity index (χ4v) is 0.792. The summed E-state index contributed by atoms with van der Waals surface area (Å²) in [6, 6.07) is 7.50. The molecule has 4 N–H and O–H groups in total. The average molecular weight is 204 g/mol. The molecule has 0 spiro atoms. The van der Waals surface area contributed by atoms with Gasteiger partial charge in [-0.25, -0.2) is 0 Å². The molecular weight excluding hydrogens is 196 g/mol. The van der Waals surface area contributed by atoms with Gasteiger partial charge in [-0.05, 0) is 24.3 Å². The lowest BCUT2D eigenvalue weighted by Gasteiger charge is -1.99. The summed E-state index contributed by atoms with van der Waals surface area (Å²) in [7, 11) is 0. The quantitative estimate of drug-likeness (QED) is 0.370. The van der Waals surface area contributed by atoms with Crippen molar-refractivity contribution in [3.8, 4) is 11.8 Å². The van der Waals surface area contributed by atoms with Gasteiger partial charge in [-0.15, -0.1) is 0 Å². The number of nitrogens with one attached hydrogen (secondary N) is 1. The lowest BCUT2D eigenvalue weighted by Crippen LogP contribution is -2.22. The van der Waals surface area contributed by atoms with E-state index in [1.165, 1.54) is 24.3 Å². The monoisotopic (exact) mass is 204 g/mol. The summed E-state index contributed by atoms with van der Waals surface area (Å²) >= 11 is 0. The van der Waals surface area contributed by atoms with Gasteiger partial charge >= 0.3 is 0 Å². The smallest absolute Gasteiger partial charge is 0.280 e. The van der Waals surface area contributed by atoms with Crippen LogP contribution in [0.1, 0.15) is 0 Å². The number of benzene rings is 1. The van der Waals surface area contributed by atoms with Crippen molar-refractivity contribution in [2.45, 2.75) is 0 Å². The van der Waals surface area contributed by atoms with Crippen molar-refractivity contribution in [3.63, 3.8) is 0 Å². The zero-order valence-electron chi connectivity index (χ0n) is 7.64. The second kappa shape index (κ2) is 4.62. The van der Waals surface area contributed by atoms with Crippen molar-refractivity contribution < 1.29 is 9.90 Å². The van der Waals surface area contributed by atoms with Crippen LogP contribution in [0.5, 0.6) is 5.75 Å². The molecule has 6 nitrogen and oxygen atoms in total. The van der Waals surface area contributed by atoms with Gasteiger partial charge in [-0.1, -0.05) is 0 Å². The highest BCUT2D eigenvalue weighted by atomic mass is 16.3. The van der Waals surface area contributed by atoms with E-state index in [-0.39, 0.29) is 5.75 Å². The normalized spacial score (nSPS) is 10.5. The summed E-state index contributed by atoms with van der Waals surface area (Å²) in [5.41, 5.74) is 7.44. The molecule has 6 heteroatoms. The van der Waals surface area contributed by atoms with Gasteiger partial charge in [0.05, 0.1) is 5.69 Å². The first-order valence-electron chi connectivity index (χ1n) is 3.96. The van der Waals surface area contributed by atoms with Crippen molar-refractivity contribution in [2.75, 3.05) is 5.43 Å². The number of carbonyl (C=O) groups is 1. The van der Waals surface area contributed by atoms with Crippen LogP contribution in [0.15, 0.2) is 29.4 Å². The third-order valence-electron chi connectivity index (χ3n) is 1.50. The summed E-state index contributed by atoms with van der Waals surface area (Å²) in [4.78, 5) is 10.6. The number of nitrogens with two attached hydrogens (primary N) is 1. The molecule has 0 saturated heterocycles. The van der Waals surface area contributed by atoms with Gasteiger partial charge in [0.25, 0.3) is 5.91 Å². The first-order valence-corrected chi connectivity index (χ1v) is 3.96.